The van der Waals surface area contributed by atoms with Gasteiger partial charge in [0.1, 0.15) is 11.5 Å². The fourth-order valence-corrected chi connectivity index (χ4v) is 1.74. The lowest BCUT2D eigenvalue weighted by molar-refractivity contribution is 0.101. The summed E-state index contributed by atoms with van der Waals surface area (Å²) < 4.78 is 10.6. The van der Waals surface area contributed by atoms with Crippen LogP contribution in [0.2, 0.25) is 0 Å². The number of ether oxygens (including phenoxy) is 2. The van der Waals surface area contributed by atoms with Crippen molar-refractivity contribution < 1.29 is 14.3 Å². The Hall–Kier alpha value is -1.77. The van der Waals surface area contributed by atoms with Crippen molar-refractivity contribution in [1.29, 1.82) is 0 Å². The highest BCUT2D eigenvalue weighted by molar-refractivity contribution is 5.98. The summed E-state index contributed by atoms with van der Waals surface area (Å²) in [7, 11) is 3.22. The van der Waals surface area contributed by atoms with Crippen molar-refractivity contribution in [2.24, 2.45) is 0 Å². The van der Waals surface area contributed by atoms with Crippen molar-refractivity contribution in [1.82, 2.24) is 0 Å². The number of carbonyl (C=O) groups is 1. The zero-order valence-electron chi connectivity index (χ0n) is 11.4. The SMILES string of the molecule is CCC/C=C(/OC)c1cc(OC)ccc1C(C)=O. The summed E-state index contributed by atoms with van der Waals surface area (Å²) in [5.74, 6) is 1.46. The summed E-state index contributed by atoms with van der Waals surface area (Å²) in [6.07, 6.45) is 3.95. The molecule has 0 aliphatic carbocycles. The van der Waals surface area contributed by atoms with Crippen LogP contribution in [-0.4, -0.2) is 20.0 Å². The van der Waals surface area contributed by atoms with Gasteiger partial charge in [-0.05, 0) is 37.6 Å². The zero-order valence-corrected chi connectivity index (χ0v) is 11.4. The summed E-state index contributed by atoms with van der Waals surface area (Å²) in [6, 6.07) is 5.39. The largest absolute Gasteiger partial charge is 0.497 e. The van der Waals surface area contributed by atoms with Gasteiger partial charge >= 0.3 is 0 Å². The van der Waals surface area contributed by atoms with Crippen LogP contribution < -0.4 is 4.74 Å². The first-order valence-corrected chi connectivity index (χ1v) is 6.07. The quantitative estimate of drug-likeness (QED) is 0.569. The summed E-state index contributed by atoms with van der Waals surface area (Å²) in [5.41, 5.74) is 1.44. The van der Waals surface area contributed by atoms with Crippen molar-refractivity contribution in [3.05, 3.63) is 35.4 Å². The Labute approximate surface area is 108 Å². The number of hydrogen-bond donors (Lipinski definition) is 0. The minimum atomic E-state index is 0.0205. The highest BCUT2D eigenvalue weighted by Gasteiger charge is 2.13. The number of unbranched alkanes of at least 4 members (excludes halogenated alkanes) is 1. The molecule has 0 amide bonds. The van der Waals surface area contributed by atoms with E-state index in [1.165, 1.54) is 0 Å². The molecule has 0 N–H and O–H groups in total. The van der Waals surface area contributed by atoms with Crippen LogP contribution in [0.5, 0.6) is 5.75 Å². The number of benzene rings is 1. The van der Waals surface area contributed by atoms with Gasteiger partial charge in [0.25, 0.3) is 0 Å². The van der Waals surface area contributed by atoms with E-state index in [2.05, 4.69) is 6.92 Å². The minimum absolute atomic E-state index is 0.0205. The second-order valence-electron chi connectivity index (χ2n) is 4.03. The van der Waals surface area contributed by atoms with Gasteiger partial charge in [-0.2, -0.15) is 0 Å². The molecule has 0 heterocycles. The monoisotopic (exact) mass is 248 g/mol. The molecular weight excluding hydrogens is 228 g/mol. The van der Waals surface area contributed by atoms with Crippen LogP contribution in [0.1, 0.15) is 42.6 Å². The average Bonchev–Trinajstić information content (AvgIpc) is 2.39. The van der Waals surface area contributed by atoms with E-state index in [4.69, 9.17) is 9.47 Å². The number of ketones is 1. The molecule has 3 heteroatoms. The van der Waals surface area contributed by atoms with Gasteiger partial charge in [-0.25, -0.2) is 0 Å². The van der Waals surface area contributed by atoms with Crippen LogP contribution in [-0.2, 0) is 4.74 Å². The lowest BCUT2D eigenvalue weighted by Gasteiger charge is -2.12. The Kier molecular flexibility index (Phi) is 5.43. The number of carbonyl (C=O) groups excluding carboxylic acids is 1. The number of allylic oxidation sites excluding steroid dienone is 1. The van der Waals surface area contributed by atoms with Crippen LogP contribution in [0.15, 0.2) is 24.3 Å². The average molecular weight is 248 g/mol. The first-order valence-electron chi connectivity index (χ1n) is 6.07. The highest BCUT2D eigenvalue weighted by atomic mass is 16.5. The maximum atomic E-state index is 11.6. The van der Waals surface area contributed by atoms with Crippen LogP contribution in [0.4, 0.5) is 0 Å². The number of Topliss-reactive ketones (excluding diaryl/α,β-unsaturated/α-hetero) is 1. The lowest BCUT2D eigenvalue weighted by atomic mass is 10.0. The smallest absolute Gasteiger partial charge is 0.160 e. The normalized spacial score (nSPS) is 11.2. The summed E-state index contributed by atoms with van der Waals surface area (Å²) in [4.78, 5) is 11.6. The number of rotatable bonds is 6. The van der Waals surface area contributed by atoms with E-state index < -0.39 is 0 Å². The van der Waals surface area contributed by atoms with E-state index >= 15 is 0 Å². The van der Waals surface area contributed by atoms with Crippen LogP contribution in [0, 0.1) is 0 Å². The Balaban J connectivity index is 3.28. The molecule has 98 valence electrons. The highest BCUT2D eigenvalue weighted by Crippen LogP contribution is 2.26. The van der Waals surface area contributed by atoms with Gasteiger partial charge in [0.05, 0.1) is 14.2 Å². The Morgan fingerprint density at radius 1 is 1.28 bits per heavy atom. The lowest BCUT2D eigenvalue weighted by Crippen LogP contribution is -2.01. The fourth-order valence-electron chi connectivity index (χ4n) is 1.74. The third-order valence-corrected chi connectivity index (χ3v) is 2.71. The molecule has 0 saturated heterocycles. The minimum Gasteiger partial charge on any atom is -0.497 e. The van der Waals surface area contributed by atoms with Crippen molar-refractivity contribution in [2.75, 3.05) is 14.2 Å². The predicted octanol–water partition coefficient (Wildman–Crippen LogP) is 3.69. The van der Waals surface area contributed by atoms with Gasteiger partial charge in [-0.3, -0.25) is 4.79 Å². The molecule has 1 rings (SSSR count). The molecule has 0 aliphatic heterocycles. The first-order chi connectivity index (χ1) is 8.63. The maximum Gasteiger partial charge on any atom is 0.160 e. The number of hydrogen-bond acceptors (Lipinski definition) is 3. The Bertz CT molecular complexity index is 447. The van der Waals surface area contributed by atoms with Crippen LogP contribution >= 0.6 is 0 Å². The molecule has 0 spiro atoms. The molecule has 0 radical (unpaired) electrons. The molecule has 3 nitrogen and oxygen atoms in total. The molecule has 1 aromatic rings. The molecule has 0 bridgehead atoms. The fraction of sp³-hybridized carbons (Fsp3) is 0.400. The molecule has 0 saturated carbocycles. The van der Waals surface area contributed by atoms with E-state index in [0.29, 0.717) is 5.56 Å². The third-order valence-electron chi connectivity index (χ3n) is 2.71. The van der Waals surface area contributed by atoms with Crippen molar-refractivity contribution in [3.63, 3.8) is 0 Å². The van der Waals surface area contributed by atoms with Crippen molar-refractivity contribution in [3.8, 4) is 5.75 Å². The molecule has 1 aromatic carbocycles. The number of methoxy groups -OCH3 is 2. The molecule has 0 atom stereocenters. The second-order valence-corrected chi connectivity index (χ2v) is 4.03. The zero-order chi connectivity index (χ0) is 13.5. The van der Waals surface area contributed by atoms with Gasteiger partial charge in [-0.15, -0.1) is 0 Å². The summed E-state index contributed by atoms with van der Waals surface area (Å²) in [6.45, 7) is 3.65. The van der Waals surface area contributed by atoms with Crippen molar-refractivity contribution in [2.45, 2.75) is 26.7 Å². The summed E-state index contributed by atoms with van der Waals surface area (Å²) >= 11 is 0. The van der Waals surface area contributed by atoms with Gasteiger partial charge < -0.3 is 9.47 Å². The first kappa shape index (κ1) is 14.3. The Morgan fingerprint density at radius 3 is 2.50 bits per heavy atom. The predicted molar refractivity (Wildman–Crippen MR) is 72.9 cm³/mol. The van der Waals surface area contributed by atoms with Crippen LogP contribution in [0.25, 0.3) is 5.76 Å². The second kappa shape index (κ2) is 6.84. The standard InChI is InChI=1S/C15H20O3/c1-5-6-7-15(18-4)14-10-12(17-3)8-9-13(14)11(2)16/h7-10H,5-6H2,1-4H3/b15-7+. The Morgan fingerprint density at radius 2 is 2.00 bits per heavy atom. The van der Waals surface area contributed by atoms with Gasteiger partial charge in [0.2, 0.25) is 0 Å². The van der Waals surface area contributed by atoms with E-state index in [-0.39, 0.29) is 5.78 Å². The van der Waals surface area contributed by atoms with E-state index in [1.807, 2.05) is 12.1 Å². The summed E-state index contributed by atoms with van der Waals surface area (Å²) in [5, 5.41) is 0. The van der Waals surface area contributed by atoms with Gasteiger partial charge in [0.15, 0.2) is 5.78 Å². The molecule has 0 aliphatic rings. The topological polar surface area (TPSA) is 35.5 Å². The van der Waals surface area contributed by atoms with Crippen molar-refractivity contribution >= 4 is 11.5 Å². The maximum absolute atomic E-state index is 11.6. The molecule has 0 unspecified atom stereocenters. The van der Waals surface area contributed by atoms with E-state index in [0.717, 1.165) is 29.9 Å². The molecule has 18 heavy (non-hydrogen) atoms. The molecule has 0 fully saturated rings. The van der Waals surface area contributed by atoms with Gasteiger partial charge in [0, 0.05) is 11.1 Å². The third kappa shape index (κ3) is 3.36. The molecular formula is C15H20O3. The van der Waals surface area contributed by atoms with E-state index in [9.17, 15) is 4.79 Å². The van der Waals surface area contributed by atoms with E-state index in [1.54, 1.807) is 33.3 Å². The van der Waals surface area contributed by atoms with Gasteiger partial charge in [-0.1, -0.05) is 13.3 Å². The van der Waals surface area contributed by atoms with Crippen LogP contribution in [0.3, 0.4) is 0 Å². The molecule has 0 aromatic heterocycles.